The summed E-state index contributed by atoms with van der Waals surface area (Å²) in [5.41, 5.74) is 7.54. The average Bonchev–Trinajstić information content (AvgIpc) is 3.58. The second kappa shape index (κ2) is 8.56. The lowest BCUT2D eigenvalue weighted by atomic mass is 10.0. The lowest BCUT2D eigenvalue weighted by molar-refractivity contribution is -0.122. The van der Waals surface area contributed by atoms with Gasteiger partial charge in [-0.15, -0.1) is 0 Å². The molecule has 9 heteroatoms. The number of piperidine rings is 1. The van der Waals surface area contributed by atoms with E-state index in [9.17, 15) is 9.59 Å². The summed E-state index contributed by atoms with van der Waals surface area (Å²) in [5, 5.41) is 9.16. The van der Waals surface area contributed by atoms with Crippen molar-refractivity contribution in [2.75, 3.05) is 29.1 Å². The van der Waals surface area contributed by atoms with E-state index in [1.54, 1.807) is 7.05 Å². The number of hydrogen-bond donors (Lipinski definition) is 4. The van der Waals surface area contributed by atoms with E-state index >= 15 is 0 Å². The molecule has 5 N–H and O–H groups in total. The molecule has 0 unspecified atom stereocenters. The van der Waals surface area contributed by atoms with Crippen LogP contribution in [0.25, 0.3) is 0 Å². The molecular formula is C21H27N7O2. The molecule has 2 aliphatic rings. The minimum atomic E-state index is -0.554. The first-order chi connectivity index (χ1) is 14.5. The van der Waals surface area contributed by atoms with Crippen LogP contribution in [0, 0.1) is 0 Å². The summed E-state index contributed by atoms with van der Waals surface area (Å²) in [6, 6.07) is 8.05. The highest BCUT2D eigenvalue weighted by atomic mass is 16.2. The monoisotopic (exact) mass is 409 g/mol. The standard InChI is InChI=1S/C21H27N7O2/c1-23-20(30)17-4-2-3-11-28(17)15-9-7-14(8-10-15)26-21-24-12-16(18(22)29)19(27-21)25-13-5-6-13/h7-10,12-13,17H,2-6,11H2,1H3,(H2,22,29)(H,23,30)(H2,24,25,26,27)/t17-/m0/s1. The van der Waals surface area contributed by atoms with Gasteiger partial charge in [0.15, 0.2) is 0 Å². The SMILES string of the molecule is CNC(=O)[C@@H]1CCCCN1c1ccc(Nc2ncc(C(N)=O)c(NC3CC3)n2)cc1. The van der Waals surface area contributed by atoms with Gasteiger partial charge < -0.3 is 26.6 Å². The molecule has 1 saturated carbocycles. The van der Waals surface area contributed by atoms with Crippen molar-refractivity contribution in [3.8, 4) is 0 Å². The highest BCUT2D eigenvalue weighted by Crippen LogP contribution is 2.28. The number of amides is 2. The number of likely N-dealkylation sites (N-methyl/N-ethyl adjacent to an activating group) is 1. The van der Waals surface area contributed by atoms with Crippen LogP contribution in [0.5, 0.6) is 0 Å². The Bertz CT molecular complexity index is 927. The van der Waals surface area contributed by atoms with E-state index < -0.39 is 5.91 Å². The Kier molecular flexibility index (Phi) is 5.69. The number of benzene rings is 1. The van der Waals surface area contributed by atoms with Gasteiger partial charge in [0.2, 0.25) is 11.9 Å². The van der Waals surface area contributed by atoms with Gasteiger partial charge in [-0.2, -0.15) is 4.98 Å². The zero-order chi connectivity index (χ0) is 21.1. The van der Waals surface area contributed by atoms with Gasteiger partial charge in [0, 0.05) is 37.2 Å². The number of hydrogen-bond acceptors (Lipinski definition) is 7. The molecule has 30 heavy (non-hydrogen) atoms. The van der Waals surface area contributed by atoms with Crippen molar-refractivity contribution in [2.45, 2.75) is 44.2 Å². The number of primary amides is 1. The quantitative estimate of drug-likeness (QED) is 0.551. The fraction of sp³-hybridized carbons (Fsp3) is 0.429. The molecule has 1 aliphatic heterocycles. The summed E-state index contributed by atoms with van der Waals surface area (Å²) in [6.07, 6.45) is 6.54. The molecule has 1 aliphatic carbocycles. The maximum Gasteiger partial charge on any atom is 0.254 e. The molecule has 9 nitrogen and oxygen atoms in total. The third-order valence-electron chi connectivity index (χ3n) is 5.48. The maximum absolute atomic E-state index is 12.2. The first-order valence-corrected chi connectivity index (χ1v) is 10.3. The van der Waals surface area contributed by atoms with Gasteiger partial charge in [0.05, 0.1) is 5.56 Å². The Morgan fingerprint density at radius 1 is 1.13 bits per heavy atom. The van der Waals surface area contributed by atoms with Crippen LogP contribution in [0.3, 0.4) is 0 Å². The highest BCUT2D eigenvalue weighted by Gasteiger charge is 2.28. The van der Waals surface area contributed by atoms with Crippen molar-refractivity contribution in [3.05, 3.63) is 36.0 Å². The predicted octanol–water partition coefficient (Wildman–Crippen LogP) is 2.00. The lowest BCUT2D eigenvalue weighted by Crippen LogP contribution is -2.48. The van der Waals surface area contributed by atoms with Gasteiger partial charge in [-0.05, 0) is 56.4 Å². The molecular weight excluding hydrogens is 382 g/mol. The van der Waals surface area contributed by atoms with Crippen molar-refractivity contribution in [3.63, 3.8) is 0 Å². The van der Waals surface area contributed by atoms with Crippen LogP contribution in [0.1, 0.15) is 42.5 Å². The Hall–Kier alpha value is -3.36. The minimum absolute atomic E-state index is 0.0514. The van der Waals surface area contributed by atoms with Gasteiger partial charge in [-0.3, -0.25) is 9.59 Å². The largest absolute Gasteiger partial charge is 0.367 e. The van der Waals surface area contributed by atoms with Crippen LogP contribution in [0.4, 0.5) is 23.1 Å². The van der Waals surface area contributed by atoms with Crippen molar-refractivity contribution >= 4 is 35.0 Å². The first-order valence-electron chi connectivity index (χ1n) is 10.3. The molecule has 0 radical (unpaired) electrons. The summed E-state index contributed by atoms with van der Waals surface area (Å²) in [7, 11) is 1.68. The molecule has 1 aromatic heterocycles. The van der Waals surface area contributed by atoms with Gasteiger partial charge in [0.25, 0.3) is 5.91 Å². The van der Waals surface area contributed by atoms with Crippen molar-refractivity contribution in [1.82, 2.24) is 15.3 Å². The second-order valence-corrected chi connectivity index (χ2v) is 7.73. The first kappa shape index (κ1) is 19.9. The lowest BCUT2D eigenvalue weighted by Gasteiger charge is -2.36. The van der Waals surface area contributed by atoms with Crippen LogP contribution in [0.15, 0.2) is 30.5 Å². The van der Waals surface area contributed by atoms with E-state index in [2.05, 4.69) is 30.8 Å². The Morgan fingerprint density at radius 2 is 1.90 bits per heavy atom. The van der Waals surface area contributed by atoms with Crippen molar-refractivity contribution < 1.29 is 9.59 Å². The van der Waals surface area contributed by atoms with Crippen molar-refractivity contribution in [1.29, 1.82) is 0 Å². The van der Waals surface area contributed by atoms with Crippen LogP contribution < -0.4 is 26.6 Å². The molecule has 1 saturated heterocycles. The topological polar surface area (TPSA) is 125 Å². The summed E-state index contributed by atoms with van der Waals surface area (Å²) in [6.45, 7) is 0.860. The number of nitrogens with one attached hydrogen (secondary N) is 3. The number of carbonyl (C=O) groups excluding carboxylic acids is 2. The summed E-state index contributed by atoms with van der Waals surface area (Å²) < 4.78 is 0. The van der Waals surface area contributed by atoms with E-state index in [-0.39, 0.29) is 17.5 Å². The molecule has 0 spiro atoms. The Balaban J connectivity index is 1.49. The molecule has 1 atom stereocenters. The molecule has 2 aromatic rings. The fourth-order valence-corrected chi connectivity index (χ4v) is 3.70. The summed E-state index contributed by atoms with van der Waals surface area (Å²) >= 11 is 0. The highest BCUT2D eigenvalue weighted by molar-refractivity contribution is 5.97. The number of anilines is 4. The maximum atomic E-state index is 12.2. The van der Waals surface area contributed by atoms with Gasteiger partial charge >= 0.3 is 0 Å². The zero-order valence-corrected chi connectivity index (χ0v) is 17.0. The predicted molar refractivity (Wildman–Crippen MR) is 116 cm³/mol. The number of nitrogens with two attached hydrogens (primary N) is 1. The molecule has 2 heterocycles. The third-order valence-corrected chi connectivity index (χ3v) is 5.48. The van der Waals surface area contributed by atoms with Gasteiger partial charge in [-0.1, -0.05) is 0 Å². The van der Waals surface area contributed by atoms with E-state index in [4.69, 9.17) is 5.73 Å². The Labute approximate surface area is 175 Å². The number of aromatic nitrogens is 2. The molecule has 158 valence electrons. The second-order valence-electron chi connectivity index (χ2n) is 7.73. The summed E-state index contributed by atoms with van der Waals surface area (Å²) in [4.78, 5) is 34.7. The van der Waals surface area contributed by atoms with E-state index in [1.807, 2.05) is 24.3 Å². The normalized spacial score (nSPS) is 18.6. The van der Waals surface area contributed by atoms with Crippen molar-refractivity contribution in [2.24, 2.45) is 5.73 Å². The van der Waals surface area contributed by atoms with Crippen LogP contribution in [-0.2, 0) is 4.79 Å². The fourth-order valence-electron chi connectivity index (χ4n) is 3.70. The smallest absolute Gasteiger partial charge is 0.254 e. The van der Waals surface area contributed by atoms with E-state index in [0.717, 1.165) is 50.0 Å². The summed E-state index contributed by atoms with van der Waals surface area (Å²) in [5.74, 6) is 0.342. The number of nitrogens with zero attached hydrogens (tertiary/aromatic N) is 3. The molecule has 4 rings (SSSR count). The average molecular weight is 409 g/mol. The van der Waals surface area contributed by atoms with Gasteiger partial charge in [-0.25, -0.2) is 4.98 Å². The minimum Gasteiger partial charge on any atom is -0.367 e. The van der Waals surface area contributed by atoms with E-state index in [0.29, 0.717) is 17.8 Å². The molecule has 0 bridgehead atoms. The van der Waals surface area contributed by atoms with Crippen LogP contribution in [-0.4, -0.2) is 47.5 Å². The Morgan fingerprint density at radius 3 is 2.57 bits per heavy atom. The molecule has 1 aromatic carbocycles. The van der Waals surface area contributed by atoms with Gasteiger partial charge in [0.1, 0.15) is 11.9 Å². The molecule has 2 fully saturated rings. The van der Waals surface area contributed by atoms with Crippen LogP contribution >= 0.6 is 0 Å². The zero-order valence-electron chi connectivity index (χ0n) is 17.0. The van der Waals surface area contributed by atoms with Crippen LogP contribution in [0.2, 0.25) is 0 Å². The van der Waals surface area contributed by atoms with E-state index in [1.165, 1.54) is 6.20 Å². The third kappa shape index (κ3) is 4.45. The molecule has 2 amide bonds. The number of carbonyl (C=O) groups is 2. The number of rotatable bonds is 7.